The van der Waals surface area contributed by atoms with E-state index in [1.807, 2.05) is 45.9 Å². The fourth-order valence-electron chi connectivity index (χ4n) is 2.47. The third kappa shape index (κ3) is 3.21. The van der Waals surface area contributed by atoms with Crippen molar-refractivity contribution in [3.63, 3.8) is 0 Å². The lowest BCUT2D eigenvalue weighted by atomic mass is 10.0. The van der Waals surface area contributed by atoms with Gasteiger partial charge >= 0.3 is 6.09 Å². The van der Waals surface area contributed by atoms with Crippen LogP contribution in [0.15, 0.2) is 30.5 Å². The highest BCUT2D eigenvalue weighted by molar-refractivity contribution is 5.88. The van der Waals surface area contributed by atoms with Crippen molar-refractivity contribution in [1.29, 1.82) is 0 Å². The zero-order valence-electron chi connectivity index (χ0n) is 13.4. The van der Waals surface area contributed by atoms with Crippen LogP contribution in [0.5, 0.6) is 0 Å². The number of hydrogen-bond donors (Lipinski definition) is 2. The minimum atomic E-state index is -0.962. The van der Waals surface area contributed by atoms with Crippen LogP contribution in [0.3, 0.4) is 0 Å². The number of aromatic nitrogens is 2. The minimum absolute atomic E-state index is 0.468. The van der Waals surface area contributed by atoms with E-state index in [9.17, 15) is 9.90 Å². The highest BCUT2D eigenvalue weighted by Gasteiger charge is 2.29. The maximum Gasteiger partial charge on any atom is 0.412 e. The summed E-state index contributed by atoms with van der Waals surface area (Å²) >= 11 is 0. The Morgan fingerprint density at radius 1 is 1.36 bits per heavy atom. The number of nitrogens with two attached hydrogens (primary N) is 1. The molecule has 0 spiro atoms. The average Bonchev–Trinajstić information content (AvgIpc) is 2.77. The van der Waals surface area contributed by atoms with E-state index in [1.54, 1.807) is 16.9 Å². The monoisotopic (exact) mass is 302 g/mol. The van der Waals surface area contributed by atoms with Crippen molar-refractivity contribution in [1.82, 2.24) is 9.78 Å². The van der Waals surface area contributed by atoms with Crippen molar-refractivity contribution >= 4 is 17.6 Å². The molecule has 118 valence electrons. The molecule has 6 nitrogen and oxygen atoms in total. The Kier molecular flexibility index (Phi) is 4.12. The first-order chi connectivity index (χ1) is 10.2. The molecule has 3 N–H and O–H groups in total. The number of amides is 1. The SMILES string of the molecule is Cc1c(Cn2ccc(N)n2)cccc1N(C(=O)O)C(C)(C)C. The predicted octanol–water partition coefficient (Wildman–Crippen LogP) is 3.10. The van der Waals surface area contributed by atoms with Gasteiger partial charge in [-0.2, -0.15) is 5.10 Å². The Hall–Kier alpha value is -2.50. The maximum atomic E-state index is 11.7. The third-order valence-corrected chi connectivity index (χ3v) is 3.51. The van der Waals surface area contributed by atoms with Gasteiger partial charge in [0.05, 0.1) is 12.2 Å². The molecule has 1 aromatic carbocycles. The van der Waals surface area contributed by atoms with Gasteiger partial charge in [-0.05, 0) is 51.0 Å². The first kappa shape index (κ1) is 15.9. The molecule has 1 amide bonds. The van der Waals surface area contributed by atoms with Crippen LogP contribution in [0, 0.1) is 6.92 Å². The first-order valence-corrected chi connectivity index (χ1v) is 7.10. The second-order valence-electron chi connectivity index (χ2n) is 6.29. The summed E-state index contributed by atoms with van der Waals surface area (Å²) in [5.74, 6) is 0.468. The van der Waals surface area contributed by atoms with E-state index in [-0.39, 0.29) is 0 Å². The molecule has 0 unspecified atom stereocenters. The molecule has 0 aliphatic rings. The normalized spacial score (nSPS) is 11.5. The van der Waals surface area contributed by atoms with Gasteiger partial charge in [0.25, 0.3) is 0 Å². The van der Waals surface area contributed by atoms with Crippen molar-refractivity contribution in [2.45, 2.75) is 39.8 Å². The Morgan fingerprint density at radius 3 is 2.55 bits per heavy atom. The molecule has 0 fully saturated rings. The standard InChI is InChI=1S/C16H22N4O2/c1-11-12(10-19-9-8-14(17)18-19)6-5-7-13(11)20(15(21)22)16(2,3)4/h5-9H,10H2,1-4H3,(H2,17,18)(H,21,22). The summed E-state index contributed by atoms with van der Waals surface area (Å²) in [6.07, 6.45) is 0.844. The number of rotatable bonds is 3. The minimum Gasteiger partial charge on any atom is -0.465 e. The number of hydrogen-bond acceptors (Lipinski definition) is 3. The molecule has 6 heteroatoms. The van der Waals surface area contributed by atoms with Gasteiger partial charge in [0.15, 0.2) is 0 Å². The molecule has 22 heavy (non-hydrogen) atoms. The van der Waals surface area contributed by atoms with E-state index in [2.05, 4.69) is 5.10 Å². The van der Waals surface area contributed by atoms with Crippen LogP contribution in [0.25, 0.3) is 0 Å². The van der Waals surface area contributed by atoms with Crippen molar-refractivity contribution in [2.24, 2.45) is 0 Å². The molecule has 2 aromatic rings. The number of benzene rings is 1. The van der Waals surface area contributed by atoms with Crippen LogP contribution in [0.4, 0.5) is 16.3 Å². The van der Waals surface area contributed by atoms with Gasteiger partial charge in [0.1, 0.15) is 5.82 Å². The fraction of sp³-hybridized carbons (Fsp3) is 0.375. The summed E-state index contributed by atoms with van der Waals surface area (Å²) in [5.41, 5.74) is 7.73. The van der Waals surface area contributed by atoms with Crippen LogP contribution in [-0.4, -0.2) is 26.5 Å². The van der Waals surface area contributed by atoms with Crippen molar-refractivity contribution in [2.75, 3.05) is 10.6 Å². The molecular weight excluding hydrogens is 280 g/mol. The van der Waals surface area contributed by atoms with Crippen LogP contribution in [0.2, 0.25) is 0 Å². The van der Waals surface area contributed by atoms with E-state index in [0.29, 0.717) is 18.1 Å². The largest absolute Gasteiger partial charge is 0.465 e. The Labute approximate surface area is 130 Å². The average molecular weight is 302 g/mol. The lowest BCUT2D eigenvalue weighted by Gasteiger charge is -2.34. The van der Waals surface area contributed by atoms with E-state index in [4.69, 9.17) is 5.73 Å². The van der Waals surface area contributed by atoms with Gasteiger partial charge < -0.3 is 10.8 Å². The summed E-state index contributed by atoms with van der Waals surface area (Å²) in [6, 6.07) is 7.40. The summed E-state index contributed by atoms with van der Waals surface area (Å²) < 4.78 is 1.74. The van der Waals surface area contributed by atoms with Gasteiger partial charge in [0.2, 0.25) is 0 Å². The molecule has 0 radical (unpaired) electrons. The van der Waals surface area contributed by atoms with Crippen LogP contribution < -0.4 is 10.6 Å². The second kappa shape index (κ2) is 5.71. The molecule has 0 atom stereocenters. The van der Waals surface area contributed by atoms with Crippen molar-refractivity contribution < 1.29 is 9.90 Å². The summed E-state index contributed by atoms with van der Waals surface area (Å²) in [6.45, 7) is 8.11. The predicted molar refractivity (Wildman–Crippen MR) is 87.2 cm³/mol. The van der Waals surface area contributed by atoms with Crippen LogP contribution >= 0.6 is 0 Å². The lowest BCUT2D eigenvalue weighted by molar-refractivity contribution is 0.195. The number of anilines is 2. The number of carboxylic acid groups (broad SMARTS) is 1. The van der Waals surface area contributed by atoms with E-state index in [1.165, 1.54) is 4.90 Å². The molecule has 0 aliphatic heterocycles. The van der Waals surface area contributed by atoms with Gasteiger partial charge in [0, 0.05) is 11.7 Å². The fourth-order valence-corrected chi connectivity index (χ4v) is 2.47. The van der Waals surface area contributed by atoms with Gasteiger partial charge in [-0.3, -0.25) is 9.58 Å². The highest BCUT2D eigenvalue weighted by atomic mass is 16.4. The topological polar surface area (TPSA) is 84.4 Å². The molecule has 1 heterocycles. The molecule has 1 aromatic heterocycles. The Bertz CT molecular complexity index is 686. The molecule has 0 saturated carbocycles. The quantitative estimate of drug-likeness (QED) is 0.912. The van der Waals surface area contributed by atoms with Crippen LogP contribution in [-0.2, 0) is 6.54 Å². The zero-order chi connectivity index (χ0) is 16.5. The third-order valence-electron chi connectivity index (χ3n) is 3.51. The van der Waals surface area contributed by atoms with Crippen molar-refractivity contribution in [3.8, 4) is 0 Å². The summed E-state index contributed by atoms with van der Waals surface area (Å²) in [7, 11) is 0. The second-order valence-corrected chi connectivity index (χ2v) is 6.29. The smallest absolute Gasteiger partial charge is 0.412 e. The van der Waals surface area contributed by atoms with Gasteiger partial charge in [-0.1, -0.05) is 12.1 Å². The maximum absolute atomic E-state index is 11.7. The van der Waals surface area contributed by atoms with Gasteiger partial charge in [-0.25, -0.2) is 4.79 Å². The molecular formula is C16H22N4O2. The first-order valence-electron chi connectivity index (χ1n) is 7.10. The summed E-state index contributed by atoms with van der Waals surface area (Å²) in [4.78, 5) is 13.1. The Morgan fingerprint density at radius 2 is 2.05 bits per heavy atom. The molecule has 0 bridgehead atoms. The van der Waals surface area contributed by atoms with Crippen LogP contribution in [0.1, 0.15) is 31.9 Å². The Balaban J connectivity index is 2.42. The molecule has 2 rings (SSSR count). The number of nitrogens with zero attached hydrogens (tertiary/aromatic N) is 3. The number of nitrogen functional groups attached to an aromatic ring is 1. The van der Waals surface area contributed by atoms with Crippen molar-refractivity contribution in [3.05, 3.63) is 41.6 Å². The zero-order valence-corrected chi connectivity index (χ0v) is 13.4. The van der Waals surface area contributed by atoms with Gasteiger partial charge in [-0.15, -0.1) is 0 Å². The molecule has 0 aliphatic carbocycles. The highest BCUT2D eigenvalue weighted by Crippen LogP contribution is 2.29. The lowest BCUT2D eigenvalue weighted by Crippen LogP contribution is -2.45. The van der Waals surface area contributed by atoms with E-state index >= 15 is 0 Å². The molecule has 0 saturated heterocycles. The van der Waals surface area contributed by atoms with E-state index < -0.39 is 11.6 Å². The number of carbonyl (C=O) groups is 1. The van der Waals surface area contributed by atoms with E-state index in [0.717, 1.165) is 11.1 Å². The summed E-state index contributed by atoms with van der Waals surface area (Å²) in [5, 5.41) is 13.7.